The summed E-state index contributed by atoms with van der Waals surface area (Å²) in [5.74, 6) is 0.212. The van der Waals surface area contributed by atoms with Gasteiger partial charge in [0, 0.05) is 4.47 Å². The van der Waals surface area contributed by atoms with Crippen LogP contribution < -0.4 is 21.9 Å². The molecule has 1 atom stereocenters. The van der Waals surface area contributed by atoms with E-state index in [9.17, 15) is 14.4 Å². The first kappa shape index (κ1) is 17.3. The Kier molecular flexibility index (Phi) is 4.41. The third kappa shape index (κ3) is 3.31. The van der Waals surface area contributed by atoms with Gasteiger partial charge in [-0.25, -0.2) is 9.59 Å². The van der Waals surface area contributed by atoms with Crippen molar-refractivity contribution in [1.82, 2.24) is 14.9 Å². The smallest absolute Gasteiger partial charge is 0.327 e. The number of nitrogens with zero attached hydrogens (tertiary/aromatic N) is 1. The van der Waals surface area contributed by atoms with E-state index in [1.807, 2.05) is 54.6 Å². The zero-order chi connectivity index (χ0) is 19.0. The van der Waals surface area contributed by atoms with Gasteiger partial charge in [-0.2, -0.15) is 0 Å². The molecule has 8 heteroatoms. The second kappa shape index (κ2) is 6.88. The largest absolute Gasteiger partial charge is 0.330 e. The van der Waals surface area contributed by atoms with E-state index in [4.69, 9.17) is 0 Å². The van der Waals surface area contributed by atoms with Gasteiger partial charge >= 0.3 is 11.7 Å². The van der Waals surface area contributed by atoms with Gasteiger partial charge in [0.1, 0.15) is 5.82 Å². The highest BCUT2D eigenvalue weighted by Crippen LogP contribution is 2.29. The number of halogens is 1. The van der Waals surface area contributed by atoms with Crippen LogP contribution in [-0.4, -0.2) is 15.6 Å². The van der Waals surface area contributed by atoms with Crippen LogP contribution >= 0.6 is 15.9 Å². The van der Waals surface area contributed by atoms with E-state index in [0.717, 1.165) is 15.6 Å². The van der Waals surface area contributed by atoms with Crippen molar-refractivity contribution in [3.63, 3.8) is 0 Å². The lowest BCUT2D eigenvalue weighted by Crippen LogP contribution is -2.46. The number of carbonyl (C=O) groups is 1. The normalized spacial score (nSPS) is 15.6. The molecule has 0 saturated heterocycles. The fraction of sp³-hybridized carbons (Fsp3) is 0.105. The number of H-pyrrole nitrogens is 1. The van der Waals surface area contributed by atoms with Crippen molar-refractivity contribution in [1.29, 1.82) is 0 Å². The van der Waals surface area contributed by atoms with E-state index in [-0.39, 0.29) is 12.4 Å². The number of hydrogen-bond donors (Lipinski definition) is 3. The van der Waals surface area contributed by atoms with E-state index in [0.29, 0.717) is 5.56 Å². The number of aromatic nitrogens is 2. The lowest BCUT2D eigenvalue weighted by Gasteiger charge is -2.28. The third-order valence-corrected chi connectivity index (χ3v) is 4.95. The molecule has 136 valence electrons. The van der Waals surface area contributed by atoms with Gasteiger partial charge in [0.2, 0.25) is 0 Å². The molecule has 0 bridgehead atoms. The molecule has 1 aliphatic heterocycles. The van der Waals surface area contributed by atoms with E-state index in [2.05, 4.69) is 31.5 Å². The summed E-state index contributed by atoms with van der Waals surface area (Å²) in [6, 6.07) is 15.5. The Morgan fingerprint density at radius 1 is 0.963 bits per heavy atom. The molecule has 2 aromatic carbocycles. The van der Waals surface area contributed by atoms with Gasteiger partial charge in [0.15, 0.2) is 0 Å². The van der Waals surface area contributed by atoms with E-state index in [1.165, 1.54) is 4.57 Å². The van der Waals surface area contributed by atoms with Crippen LogP contribution in [0.5, 0.6) is 0 Å². The highest BCUT2D eigenvalue weighted by Gasteiger charge is 2.31. The van der Waals surface area contributed by atoms with E-state index in [1.54, 1.807) is 0 Å². The lowest BCUT2D eigenvalue weighted by atomic mass is 9.98. The lowest BCUT2D eigenvalue weighted by molar-refractivity contribution is 0.248. The predicted molar refractivity (Wildman–Crippen MR) is 105 cm³/mol. The molecule has 0 fully saturated rings. The number of amides is 2. The Bertz CT molecular complexity index is 1120. The fourth-order valence-corrected chi connectivity index (χ4v) is 3.42. The van der Waals surface area contributed by atoms with Gasteiger partial charge < -0.3 is 5.32 Å². The topological polar surface area (TPSA) is 96.0 Å². The minimum absolute atomic E-state index is 0.212. The third-order valence-electron chi connectivity index (χ3n) is 4.42. The molecule has 2 amide bonds. The molecular formula is C19H15BrN4O3. The molecule has 2 heterocycles. The van der Waals surface area contributed by atoms with Crippen molar-refractivity contribution in [2.45, 2.75) is 12.6 Å². The maximum absolute atomic E-state index is 12.6. The maximum atomic E-state index is 12.6. The van der Waals surface area contributed by atoms with Gasteiger partial charge in [-0.15, -0.1) is 0 Å². The molecule has 3 N–H and O–H groups in total. The molecule has 27 heavy (non-hydrogen) atoms. The summed E-state index contributed by atoms with van der Waals surface area (Å²) in [4.78, 5) is 39.6. The average Bonchev–Trinajstić information content (AvgIpc) is 2.65. The SMILES string of the molecule is O=C1Nc2c(c(=O)[nH]c(=O)n2Cc2ccccc2)C(c2ccc(Br)cc2)N1. The van der Waals surface area contributed by atoms with Crippen molar-refractivity contribution in [2.24, 2.45) is 0 Å². The van der Waals surface area contributed by atoms with E-state index < -0.39 is 23.3 Å². The molecule has 7 nitrogen and oxygen atoms in total. The Balaban J connectivity index is 1.88. The second-order valence-electron chi connectivity index (χ2n) is 6.18. The summed E-state index contributed by atoms with van der Waals surface area (Å²) >= 11 is 3.37. The summed E-state index contributed by atoms with van der Waals surface area (Å²) in [6.07, 6.45) is 0. The number of urea groups is 1. The first-order valence-corrected chi connectivity index (χ1v) is 9.06. The van der Waals surface area contributed by atoms with Gasteiger partial charge in [-0.1, -0.05) is 58.4 Å². The van der Waals surface area contributed by atoms with Gasteiger partial charge in [0.05, 0.1) is 18.2 Å². The van der Waals surface area contributed by atoms with Crippen LogP contribution in [0.15, 0.2) is 68.7 Å². The number of anilines is 1. The number of rotatable bonds is 3. The minimum atomic E-state index is -0.659. The van der Waals surface area contributed by atoms with Crippen molar-refractivity contribution >= 4 is 27.8 Å². The Hall–Kier alpha value is -3.13. The summed E-state index contributed by atoms with van der Waals surface area (Å²) in [7, 11) is 0. The Morgan fingerprint density at radius 3 is 2.37 bits per heavy atom. The molecule has 0 radical (unpaired) electrons. The summed E-state index contributed by atoms with van der Waals surface area (Å²) in [6.45, 7) is 0.228. The molecule has 3 aromatic rings. The van der Waals surface area contributed by atoms with Crippen molar-refractivity contribution in [3.05, 3.63) is 96.6 Å². The summed E-state index contributed by atoms with van der Waals surface area (Å²) < 4.78 is 2.26. The van der Waals surface area contributed by atoms with Crippen LogP contribution in [-0.2, 0) is 6.54 Å². The van der Waals surface area contributed by atoms with Gasteiger partial charge in [-0.3, -0.25) is 19.7 Å². The van der Waals surface area contributed by atoms with Crippen LogP contribution in [0.2, 0.25) is 0 Å². The number of carbonyl (C=O) groups excluding carboxylic acids is 1. The quantitative estimate of drug-likeness (QED) is 0.600. The van der Waals surface area contributed by atoms with Crippen molar-refractivity contribution in [2.75, 3.05) is 5.32 Å². The number of aromatic amines is 1. The Morgan fingerprint density at radius 2 is 1.67 bits per heavy atom. The van der Waals surface area contributed by atoms with Crippen LogP contribution in [0.1, 0.15) is 22.7 Å². The highest BCUT2D eigenvalue weighted by molar-refractivity contribution is 9.10. The standard InChI is InChI=1S/C19H15BrN4O3/c20-13-8-6-12(7-9-13)15-14-16(22-18(26)21-15)24(19(27)23-17(14)25)10-11-4-2-1-3-5-11/h1-9,15H,10H2,(H2,21,22,26)(H,23,25,27). The Labute approximate surface area is 162 Å². The van der Waals surface area contributed by atoms with Crippen LogP contribution in [0.25, 0.3) is 0 Å². The predicted octanol–water partition coefficient (Wildman–Crippen LogP) is 2.57. The van der Waals surface area contributed by atoms with Crippen LogP contribution in [0.3, 0.4) is 0 Å². The number of hydrogen-bond acceptors (Lipinski definition) is 3. The molecule has 0 aliphatic carbocycles. The zero-order valence-corrected chi connectivity index (χ0v) is 15.6. The highest BCUT2D eigenvalue weighted by atomic mass is 79.9. The minimum Gasteiger partial charge on any atom is -0.327 e. The molecule has 1 aromatic heterocycles. The van der Waals surface area contributed by atoms with E-state index >= 15 is 0 Å². The summed E-state index contributed by atoms with van der Waals surface area (Å²) in [5.41, 5.74) is 0.818. The second-order valence-corrected chi connectivity index (χ2v) is 7.09. The van der Waals surface area contributed by atoms with Crippen molar-refractivity contribution in [3.8, 4) is 0 Å². The number of nitrogens with one attached hydrogen (secondary N) is 3. The van der Waals surface area contributed by atoms with Crippen molar-refractivity contribution < 1.29 is 4.79 Å². The zero-order valence-electron chi connectivity index (χ0n) is 14.0. The van der Waals surface area contributed by atoms with Crippen LogP contribution in [0, 0.1) is 0 Å². The van der Waals surface area contributed by atoms with Crippen LogP contribution in [0.4, 0.5) is 10.6 Å². The molecule has 1 unspecified atom stereocenters. The molecule has 1 aliphatic rings. The maximum Gasteiger partial charge on any atom is 0.330 e. The summed E-state index contributed by atoms with van der Waals surface area (Å²) in [5, 5.41) is 5.38. The monoisotopic (exact) mass is 426 g/mol. The average molecular weight is 427 g/mol. The number of fused-ring (bicyclic) bond motifs is 1. The molecule has 0 spiro atoms. The van der Waals surface area contributed by atoms with Gasteiger partial charge in [-0.05, 0) is 23.3 Å². The first-order valence-electron chi connectivity index (χ1n) is 8.27. The molecule has 4 rings (SSSR count). The fourth-order valence-electron chi connectivity index (χ4n) is 3.16. The molecular weight excluding hydrogens is 412 g/mol. The van der Waals surface area contributed by atoms with Gasteiger partial charge in [0.25, 0.3) is 5.56 Å². The molecule has 0 saturated carbocycles. The first-order chi connectivity index (χ1) is 13.0. The number of benzene rings is 2.